The molecule has 0 saturated heterocycles. The van der Waals surface area contributed by atoms with Gasteiger partial charge in [-0.15, -0.1) is 0 Å². The molecule has 5 heteroatoms. The summed E-state index contributed by atoms with van der Waals surface area (Å²) in [5, 5.41) is 0.525. The second-order valence-corrected chi connectivity index (χ2v) is 4.16. The summed E-state index contributed by atoms with van der Waals surface area (Å²) >= 11 is 5.78. The van der Waals surface area contributed by atoms with Crippen LogP contribution in [-0.4, -0.2) is 6.09 Å². The van der Waals surface area contributed by atoms with Crippen LogP contribution in [0.2, 0.25) is 5.02 Å². The Bertz CT molecular complexity index is 545. The number of nitrogens with one attached hydrogen (secondary N) is 1. The van der Waals surface area contributed by atoms with Crippen molar-refractivity contribution in [3.05, 3.63) is 65.2 Å². The highest BCUT2D eigenvalue weighted by atomic mass is 35.5. The molecule has 0 aliphatic rings. The molecule has 0 aliphatic heterocycles. The zero-order valence-electron chi connectivity index (χ0n) is 10.0. The maximum Gasteiger partial charge on any atom is 0.440 e. The van der Waals surface area contributed by atoms with Crippen LogP contribution in [0.4, 0.5) is 4.79 Å². The first kappa shape index (κ1) is 13.2. The van der Waals surface area contributed by atoms with Crippen LogP contribution < -0.4 is 10.3 Å². The highest BCUT2D eigenvalue weighted by molar-refractivity contribution is 6.30. The first-order valence-corrected chi connectivity index (χ1v) is 6.01. The van der Waals surface area contributed by atoms with Crippen LogP contribution in [0.5, 0.6) is 5.75 Å². The highest BCUT2D eigenvalue weighted by Gasteiger charge is 2.03. The average molecular weight is 278 g/mol. The molecule has 0 aliphatic carbocycles. The van der Waals surface area contributed by atoms with Gasteiger partial charge in [0.05, 0.1) is 0 Å². The van der Waals surface area contributed by atoms with Gasteiger partial charge in [0.15, 0.2) is 5.75 Å². The van der Waals surface area contributed by atoms with Crippen molar-refractivity contribution in [3.8, 4) is 5.75 Å². The van der Waals surface area contributed by atoms with Crippen LogP contribution in [-0.2, 0) is 11.3 Å². The van der Waals surface area contributed by atoms with E-state index in [2.05, 4.69) is 5.48 Å². The highest BCUT2D eigenvalue weighted by Crippen LogP contribution is 2.16. The van der Waals surface area contributed by atoms with Gasteiger partial charge >= 0.3 is 6.09 Å². The Kier molecular flexibility index (Phi) is 4.64. The molecular weight excluding hydrogens is 266 g/mol. The van der Waals surface area contributed by atoms with E-state index >= 15 is 0 Å². The molecule has 0 aromatic heterocycles. The van der Waals surface area contributed by atoms with Crippen molar-refractivity contribution >= 4 is 17.7 Å². The number of amides is 1. The van der Waals surface area contributed by atoms with Crippen molar-refractivity contribution in [2.75, 3.05) is 0 Å². The van der Waals surface area contributed by atoms with Gasteiger partial charge in [0.1, 0.15) is 6.61 Å². The predicted octanol–water partition coefficient (Wildman–Crippen LogP) is 3.56. The van der Waals surface area contributed by atoms with Crippen molar-refractivity contribution in [2.45, 2.75) is 6.61 Å². The summed E-state index contributed by atoms with van der Waals surface area (Å²) in [5.74, 6) is 0.434. The SMILES string of the molecule is O=C(NOc1cccc(Cl)c1)OCc1ccccc1. The van der Waals surface area contributed by atoms with E-state index in [1.165, 1.54) is 0 Å². The summed E-state index contributed by atoms with van der Waals surface area (Å²) in [4.78, 5) is 16.4. The second kappa shape index (κ2) is 6.66. The fraction of sp³-hybridized carbons (Fsp3) is 0.0714. The van der Waals surface area contributed by atoms with Crippen molar-refractivity contribution in [1.29, 1.82) is 0 Å². The first-order chi connectivity index (χ1) is 9.24. The monoisotopic (exact) mass is 277 g/mol. The third kappa shape index (κ3) is 4.52. The van der Waals surface area contributed by atoms with Gasteiger partial charge in [0.2, 0.25) is 0 Å². The summed E-state index contributed by atoms with van der Waals surface area (Å²) in [6, 6.07) is 16.1. The Morgan fingerprint density at radius 1 is 1.11 bits per heavy atom. The van der Waals surface area contributed by atoms with Gasteiger partial charge in [-0.2, -0.15) is 5.48 Å². The molecule has 0 fully saturated rings. The number of hydrogen-bond donors (Lipinski definition) is 1. The standard InChI is InChI=1S/C14H12ClNO3/c15-12-7-4-8-13(9-12)19-16-14(17)18-10-11-5-2-1-3-6-11/h1-9H,10H2,(H,16,17). The fourth-order valence-corrected chi connectivity index (χ4v) is 1.56. The molecule has 2 rings (SSSR count). The summed E-state index contributed by atoms with van der Waals surface area (Å²) in [6.45, 7) is 0.186. The molecule has 1 amide bonds. The van der Waals surface area contributed by atoms with E-state index in [0.29, 0.717) is 10.8 Å². The van der Waals surface area contributed by atoms with Crippen LogP contribution in [0.25, 0.3) is 0 Å². The number of carbonyl (C=O) groups excluding carboxylic acids is 1. The zero-order chi connectivity index (χ0) is 13.5. The molecule has 1 N–H and O–H groups in total. The Morgan fingerprint density at radius 2 is 1.89 bits per heavy atom. The maximum absolute atomic E-state index is 11.4. The molecule has 0 heterocycles. The van der Waals surface area contributed by atoms with E-state index in [-0.39, 0.29) is 6.61 Å². The molecule has 19 heavy (non-hydrogen) atoms. The second-order valence-electron chi connectivity index (χ2n) is 3.72. The van der Waals surface area contributed by atoms with E-state index in [4.69, 9.17) is 21.2 Å². The minimum atomic E-state index is -0.663. The van der Waals surface area contributed by atoms with Gasteiger partial charge < -0.3 is 9.57 Å². The van der Waals surface area contributed by atoms with Crippen molar-refractivity contribution in [2.24, 2.45) is 0 Å². The molecule has 0 unspecified atom stereocenters. The van der Waals surface area contributed by atoms with Gasteiger partial charge in [-0.1, -0.05) is 48.0 Å². The lowest BCUT2D eigenvalue weighted by Crippen LogP contribution is -2.27. The first-order valence-electron chi connectivity index (χ1n) is 5.63. The van der Waals surface area contributed by atoms with Crippen molar-refractivity contribution < 1.29 is 14.4 Å². The molecule has 2 aromatic rings. The van der Waals surface area contributed by atoms with E-state index in [1.807, 2.05) is 30.3 Å². The van der Waals surface area contributed by atoms with E-state index in [1.54, 1.807) is 24.3 Å². The number of ether oxygens (including phenoxy) is 1. The van der Waals surface area contributed by atoms with E-state index < -0.39 is 6.09 Å². The molecule has 4 nitrogen and oxygen atoms in total. The lowest BCUT2D eigenvalue weighted by atomic mass is 10.2. The molecule has 0 saturated carbocycles. The zero-order valence-corrected chi connectivity index (χ0v) is 10.8. The number of hydroxylamine groups is 1. The van der Waals surface area contributed by atoms with Gasteiger partial charge in [-0.3, -0.25) is 0 Å². The van der Waals surface area contributed by atoms with Crippen LogP contribution in [0.1, 0.15) is 5.56 Å². The van der Waals surface area contributed by atoms with Crippen molar-refractivity contribution in [3.63, 3.8) is 0 Å². The Hall–Kier alpha value is -2.20. The number of rotatable bonds is 4. The van der Waals surface area contributed by atoms with Gasteiger partial charge in [0.25, 0.3) is 0 Å². The molecule has 0 atom stereocenters. The summed E-state index contributed by atoms with van der Waals surface area (Å²) in [5.41, 5.74) is 3.08. The van der Waals surface area contributed by atoms with Crippen LogP contribution >= 0.6 is 11.6 Å². The lowest BCUT2D eigenvalue weighted by molar-refractivity contribution is 0.0947. The minimum absolute atomic E-state index is 0.186. The number of halogens is 1. The maximum atomic E-state index is 11.4. The topological polar surface area (TPSA) is 47.6 Å². The molecule has 98 valence electrons. The summed E-state index contributed by atoms with van der Waals surface area (Å²) in [7, 11) is 0. The van der Waals surface area contributed by atoms with E-state index in [0.717, 1.165) is 5.56 Å². The summed E-state index contributed by atoms with van der Waals surface area (Å²) in [6.07, 6.45) is -0.663. The van der Waals surface area contributed by atoms with Crippen molar-refractivity contribution in [1.82, 2.24) is 5.48 Å². The lowest BCUT2D eigenvalue weighted by Gasteiger charge is -2.08. The number of carbonyl (C=O) groups is 1. The quantitative estimate of drug-likeness (QED) is 0.869. The minimum Gasteiger partial charge on any atom is -0.443 e. The predicted molar refractivity (Wildman–Crippen MR) is 71.8 cm³/mol. The van der Waals surface area contributed by atoms with E-state index in [9.17, 15) is 4.79 Å². The fourth-order valence-electron chi connectivity index (χ4n) is 1.38. The Balaban J connectivity index is 1.76. The molecule has 0 radical (unpaired) electrons. The molecular formula is C14H12ClNO3. The van der Waals surface area contributed by atoms with Gasteiger partial charge in [0, 0.05) is 11.1 Å². The molecule has 0 spiro atoms. The largest absolute Gasteiger partial charge is 0.443 e. The van der Waals surface area contributed by atoms with Crippen LogP contribution in [0.3, 0.4) is 0 Å². The normalized spacial score (nSPS) is 9.74. The third-order valence-electron chi connectivity index (χ3n) is 2.26. The van der Waals surface area contributed by atoms with Crippen LogP contribution in [0.15, 0.2) is 54.6 Å². The molecule has 0 bridgehead atoms. The average Bonchev–Trinajstić information content (AvgIpc) is 2.44. The summed E-state index contributed by atoms with van der Waals surface area (Å²) < 4.78 is 4.97. The smallest absolute Gasteiger partial charge is 0.440 e. The van der Waals surface area contributed by atoms with Crippen LogP contribution in [0, 0.1) is 0 Å². The molecule has 2 aromatic carbocycles. The van der Waals surface area contributed by atoms with Gasteiger partial charge in [-0.05, 0) is 17.7 Å². The third-order valence-corrected chi connectivity index (χ3v) is 2.50. The van der Waals surface area contributed by atoms with Gasteiger partial charge in [-0.25, -0.2) is 4.79 Å². The number of benzene rings is 2. The Labute approximate surface area is 115 Å². The Morgan fingerprint density at radius 3 is 2.63 bits per heavy atom. The number of hydrogen-bond acceptors (Lipinski definition) is 3.